The van der Waals surface area contributed by atoms with E-state index in [4.69, 9.17) is 0 Å². The number of fused-ring (bicyclic) bond motifs is 1. The zero-order valence-electron chi connectivity index (χ0n) is 13.6. The summed E-state index contributed by atoms with van der Waals surface area (Å²) in [6.45, 7) is 5.43. The molecule has 1 unspecified atom stereocenters. The molecule has 0 radical (unpaired) electrons. The molecular formula is C17H17N3O3S. The van der Waals surface area contributed by atoms with E-state index >= 15 is 0 Å². The first kappa shape index (κ1) is 16.3. The molecule has 0 spiro atoms. The maximum absolute atomic E-state index is 13.0. The van der Waals surface area contributed by atoms with Gasteiger partial charge in [0.15, 0.2) is 11.6 Å². The molecule has 124 valence electrons. The number of aromatic nitrogens is 1. The Bertz CT molecular complexity index is 796. The minimum atomic E-state index is -0.975. The van der Waals surface area contributed by atoms with Crippen LogP contribution >= 0.6 is 11.3 Å². The third-order valence-corrected chi connectivity index (χ3v) is 4.70. The number of Topliss-reactive ketones (excluding diaryl/α,β-unsaturated/α-hetero) is 1. The highest BCUT2D eigenvalue weighted by atomic mass is 32.1. The van der Waals surface area contributed by atoms with Gasteiger partial charge in [0.2, 0.25) is 6.41 Å². The number of carbonyl (C=O) groups excluding carboxylic acids is 3. The van der Waals surface area contributed by atoms with Crippen molar-refractivity contribution in [3.63, 3.8) is 0 Å². The lowest BCUT2D eigenvalue weighted by molar-refractivity contribution is -0.132. The van der Waals surface area contributed by atoms with Crippen LogP contribution in [0.5, 0.6) is 0 Å². The van der Waals surface area contributed by atoms with E-state index < -0.39 is 17.4 Å². The average Bonchev–Trinajstić information content (AvgIpc) is 3.14. The second-order valence-electron chi connectivity index (χ2n) is 6.46. The molecule has 0 saturated carbocycles. The molecule has 3 heterocycles. The van der Waals surface area contributed by atoms with Crippen LogP contribution in [0.2, 0.25) is 0 Å². The lowest BCUT2D eigenvalue weighted by Crippen LogP contribution is -2.54. The van der Waals surface area contributed by atoms with Gasteiger partial charge in [-0.25, -0.2) is 9.99 Å². The number of ketones is 1. The highest BCUT2D eigenvalue weighted by Gasteiger charge is 2.47. The van der Waals surface area contributed by atoms with E-state index in [1.54, 1.807) is 35.8 Å². The summed E-state index contributed by atoms with van der Waals surface area (Å²) in [5.41, 5.74) is -0.107. The molecule has 0 N–H and O–H groups in total. The van der Waals surface area contributed by atoms with E-state index in [9.17, 15) is 14.4 Å². The van der Waals surface area contributed by atoms with Crippen molar-refractivity contribution < 1.29 is 14.4 Å². The van der Waals surface area contributed by atoms with Crippen molar-refractivity contribution in [1.29, 1.82) is 0 Å². The van der Waals surface area contributed by atoms with Crippen molar-refractivity contribution in [3.8, 4) is 0 Å². The van der Waals surface area contributed by atoms with E-state index in [-0.39, 0.29) is 5.78 Å². The molecule has 0 aromatic carbocycles. The summed E-state index contributed by atoms with van der Waals surface area (Å²) in [6, 6.07) is 6.86. The van der Waals surface area contributed by atoms with Crippen LogP contribution in [0.4, 0.5) is 5.82 Å². The molecule has 0 saturated heterocycles. The van der Waals surface area contributed by atoms with Gasteiger partial charge in [-0.15, -0.1) is 11.3 Å². The number of anilines is 1. The van der Waals surface area contributed by atoms with Crippen molar-refractivity contribution in [2.75, 3.05) is 5.01 Å². The Morgan fingerprint density at radius 3 is 2.67 bits per heavy atom. The maximum atomic E-state index is 13.0. The number of hydrogen-bond donors (Lipinski definition) is 0. The van der Waals surface area contributed by atoms with E-state index in [0.717, 1.165) is 0 Å². The van der Waals surface area contributed by atoms with E-state index in [0.29, 0.717) is 22.7 Å². The smallest absolute Gasteiger partial charge is 0.262 e. The lowest BCUT2D eigenvalue weighted by atomic mass is 9.96. The molecule has 2 aromatic heterocycles. The van der Waals surface area contributed by atoms with Gasteiger partial charge in [0.25, 0.3) is 5.91 Å². The van der Waals surface area contributed by atoms with Gasteiger partial charge in [0, 0.05) is 11.8 Å². The molecule has 6 nitrogen and oxygen atoms in total. The summed E-state index contributed by atoms with van der Waals surface area (Å²) in [5.74, 6) is -1.37. The number of amides is 2. The highest BCUT2D eigenvalue weighted by Crippen LogP contribution is 2.40. The maximum Gasteiger partial charge on any atom is 0.262 e. The van der Waals surface area contributed by atoms with Gasteiger partial charge in [-0.1, -0.05) is 12.1 Å². The Hall–Kier alpha value is -2.54. The monoisotopic (exact) mass is 343 g/mol. The fourth-order valence-corrected chi connectivity index (χ4v) is 3.39. The summed E-state index contributed by atoms with van der Waals surface area (Å²) in [6.07, 6.45) is 2.14. The normalized spacial score (nSPS) is 16.9. The third-order valence-electron chi connectivity index (χ3n) is 3.81. The standard InChI is InChI=1S/C17H17N3O3S/c1-17(2,3)19(10-21)20-15-11(6-4-8-18-15)13(16(20)23)14(22)12-7-5-9-24-12/h4-10,13H,1-3H3. The molecule has 0 fully saturated rings. The van der Waals surface area contributed by atoms with Gasteiger partial charge in [-0.2, -0.15) is 5.01 Å². The van der Waals surface area contributed by atoms with Crippen LogP contribution in [0.25, 0.3) is 0 Å². The Morgan fingerprint density at radius 2 is 2.08 bits per heavy atom. The van der Waals surface area contributed by atoms with Gasteiger partial charge < -0.3 is 0 Å². The Balaban J connectivity index is 2.10. The summed E-state index contributed by atoms with van der Waals surface area (Å²) in [7, 11) is 0. The second kappa shape index (κ2) is 5.83. The van der Waals surface area contributed by atoms with Crippen molar-refractivity contribution in [2.24, 2.45) is 0 Å². The van der Waals surface area contributed by atoms with Crippen LogP contribution in [0.3, 0.4) is 0 Å². The highest BCUT2D eigenvalue weighted by molar-refractivity contribution is 7.12. The molecule has 2 aromatic rings. The molecule has 2 amide bonds. The number of rotatable bonds is 4. The van der Waals surface area contributed by atoms with Crippen molar-refractivity contribution in [2.45, 2.75) is 32.2 Å². The minimum absolute atomic E-state index is 0.272. The van der Waals surface area contributed by atoms with Crippen LogP contribution in [0.15, 0.2) is 35.8 Å². The number of hydrogen-bond acceptors (Lipinski definition) is 5. The van der Waals surface area contributed by atoms with Crippen LogP contribution < -0.4 is 5.01 Å². The molecule has 1 aliphatic rings. The number of thiophene rings is 1. The van der Waals surface area contributed by atoms with Crippen molar-refractivity contribution >= 4 is 35.3 Å². The molecule has 1 atom stereocenters. The number of nitrogens with zero attached hydrogens (tertiary/aromatic N) is 3. The second-order valence-corrected chi connectivity index (χ2v) is 7.41. The molecule has 3 rings (SSSR count). The quantitative estimate of drug-likeness (QED) is 0.486. The van der Waals surface area contributed by atoms with Crippen LogP contribution in [-0.4, -0.2) is 33.6 Å². The first-order chi connectivity index (χ1) is 11.4. The predicted molar refractivity (Wildman–Crippen MR) is 90.8 cm³/mol. The van der Waals surface area contributed by atoms with Gasteiger partial charge in [0.05, 0.1) is 10.4 Å². The summed E-state index contributed by atoms with van der Waals surface area (Å²) < 4.78 is 0. The first-order valence-electron chi connectivity index (χ1n) is 7.47. The Kier molecular flexibility index (Phi) is 3.96. The van der Waals surface area contributed by atoms with Gasteiger partial charge in [-0.3, -0.25) is 14.4 Å². The largest absolute Gasteiger partial charge is 0.292 e. The fourth-order valence-electron chi connectivity index (χ4n) is 2.70. The first-order valence-corrected chi connectivity index (χ1v) is 8.35. The van der Waals surface area contributed by atoms with Gasteiger partial charge >= 0.3 is 0 Å². The number of pyridine rings is 1. The summed E-state index contributed by atoms with van der Waals surface area (Å²) in [5, 5.41) is 4.29. The Morgan fingerprint density at radius 1 is 1.33 bits per heavy atom. The Labute approximate surface area is 143 Å². The molecule has 0 aliphatic carbocycles. The predicted octanol–water partition coefficient (Wildman–Crippen LogP) is 2.63. The molecule has 7 heteroatoms. The lowest BCUT2D eigenvalue weighted by Gasteiger charge is -2.38. The van der Waals surface area contributed by atoms with E-state index in [1.807, 2.05) is 20.8 Å². The van der Waals surface area contributed by atoms with Crippen LogP contribution in [0.1, 0.15) is 41.9 Å². The SMILES string of the molecule is CC(C)(C)N(C=O)N1C(=O)C(C(=O)c2cccs2)c2cccnc21. The average molecular weight is 343 g/mol. The molecule has 1 aliphatic heterocycles. The van der Waals surface area contributed by atoms with Gasteiger partial charge in [-0.05, 0) is 38.3 Å². The number of carbonyl (C=O) groups is 3. The summed E-state index contributed by atoms with van der Waals surface area (Å²) in [4.78, 5) is 42.2. The minimum Gasteiger partial charge on any atom is -0.292 e. The topological polar surface area (TPSA) is 70.6 Å². The van der Waals surface area contributed by atoms with Crippen molar-refractivity contribution in [3.05, 3.63) is 46.3 Å². The van der Waals surface area contributed by atoms with Crippen LogP contribution in [-0.2, 0) is 9.59 Å². The summed E-state index contributed by atoms with van der Waals surface area (Å²) >= 11 is 1.29. The molecule has 24 heavy (non-hydrogen) atoms. The molecule has 0 bridgehead atoms. The van der Waals surface area contributed by atoms with Gasteiger partial charge in [0.1, 0.15) is 5.92 Å². The third kappa shape index (κ3) is 2.50. The fraction of sp³-hybridized carbons (Fsp3) is 0.294. The van der Waals surface area contributed by atoms with E-state index in [2.05, 4.69) is 4.98 Å². The molecular weight excluding hydrogens is 326 g/mol. The van der Waals surface area contributed by atoms with Crippen LogP contribution in [0, 0.1) is 0 Å². The van der Waals surface area contributed by atoms with Crippen molar-refractivity contribution in [1.82, 2.24) is 9.99 Å². The number of hydrazine groups is 1. The zero-order valence-corrected chi connectivity index (χ0v) is 14.4. The zero-order chi connectivity index (χ0) is 17.5. The van der Waals surface area contributed by atoms with E-state index in [1.165, 1.54) is 21.4 Å².